The van der Waals surface area contributed by atoms with Crippen LogP contribution in [0.5, 0.6) is 0 Å². The van der Waals surface area contributed by atoms with Crippen molar-refractivity contribution in [2.45, 2.75) is 43.8 Å². The molecule has 0 spiro atoms. The van der Waals surface area contributed by atoms with Gasteiger partial charge in [-0.25, -0.2) is 4.79 Å². The van der Waals surface area contributed by atoms with Gasteiger partial charge in [0.05, 0.1) is 18.2 Å². The quantitative estimate of drug-likeness (QED) is 0.429. The number of aryl methyl sites for hydroxylation is 1. The number of carbonyl (C=O) groups excluding carboxylic acids is 1. The lowest BCUT2D eigenvalue weighted by Crippen LogP contribution is -2.58. The van der Waals surface area contributed by atoms with Gasteiger partial charge >= 0.3 is 5.69 Å². The SMILES string of the molecule is C=CC(=O)N1[C@H](C)CN(c2nc(=O)n3c4c(c(-c5cccc(Cl)c5)c(C)cc24)SC[C@@H]3COC)C[C@@H]1C. The van der Waals surface area contributed by atoms with Crippen LogP contribution in [0.4, 0.5) is 5.82 Å². The lowest BCUT2D eigenvalue weighted by molar-refractivity contribution is -0.130. The van der Waals surface area contributed by atoms with E-state index in [4.69, 9.17) is 16.3 Å². The molecule has 1 amide bonds. The Morgan fingerprint density at radius 2 is 2.00 bits per heavy atom. The van der Waals surface area contributed by atoms with Gasteiger partial charge in [-0.05, 0) is 56.2 Å². The molecular formula is C28H31ClN4O3S. The minimum absolute atomic E-state index is 0.0525. The van der Waals surface area contributed by atoms with Crippen LogP contribution in [0.25, 0.3) is 22.0 Å². The first-order valence-electron chi connectivity index (χ1n) is 12.4. The monoisotopic (exact) mass is 538 g/mol. The Morgan fingerprint density at radius 3 is 2.65 bits per heavy atom. The van der Waals surface area contributed by atoms with Crippen molar-refractivity contribution in [1.29, 1.82) is 0 Å². The van der Waals surface area contributed by atoms with Crippen molar-refractivity contribution >= 4 is 46.0 Å². The number of benzene rings is 2. The first kappa shape index (κ1) is 25.8. The maximum atomic E-state index is 13.6. The van der Waals surface area contributed by atoms with Gasteiger partial charge in [-0.2, -0.15) is 4.98 Å². The van der Waals surface area contributed by atoms with Gasteiger partial charge in [0.25, 0.3) is 0 Å². The smallest absolute Gasteiger partial charge is 0.350 e. The Hall–Kier alpha value is -2.81. The van der Waals surface area contributed by atoms with Crippen molar-refractivity contribution in [3.05, 3.63) is 64.1 Å². The largest absolute Gasteiger partial charge is 0.383 e. The lowest BCUT2D eigenvalue weighted by atomic mass is 9.97. The minimum Gasteiger partial charge on any atom is -0.383 e. The molecule has 3 heterocycles. The van der Waals surface area contributed by atoms with E-state index in [1.165, 1.54) is 6.08 Å². The number of aromatic nitrogens is 2. The third kappa shape index (κ3) is 4.45. The summed E-state index contributed by atoms with van der Waals surface area (Å²) in [5.41, 5.74) is 3.81. The summed E-state index contributed by atoms with van der Waals surface area (Å²) in [7, 11) is 1.66. The average Bonchev–Trinajstić information content (AvgIpc) is 2.86. The van der Waals surface area contributed by atoms with Gasteiger partial charge in [-0.3, -0.25) is 9.36 Å². The van der Waals surface area contributed by atoms with Crippen molar-refractivity contribution in [2.75, 3.05) is 37.5 Å². The highest BCUT2D eigenvalue weighted by atomic mass is 35.5. The van der Waals surface area contributed by atoms with Gasteiger partial charge in [-0.1, -0.05) is 30.3 Å². The fourth-order valence-corrected chi connectivity index (χ4v) is 7.38. The second-order valence-corrected chi connectivity index (χ2v) is 11.3. The van der Waals surface area contributed by atoms with E-state index in [-0.39, 0.29) is 29.7 Å². The van der Waals surface area contributed by atoms with Gasteiger partial charge in [-0.15, -0.1) is 11.8 Å². The zero-order valence-electron chi connectivity index (χ0n) is 21.5. The van der Waals surface area contributed by atoms with E-state index in [2.05, 4.69) is 35.5 Å². The van der Waals surface area contributed by atoms with Gasteiger partial charge in [0.2, 0.25) is 5.91 Å². The lowest BCUT2D eigenvalue weighted by Gasteiger charge is -2.45. The molecule has 2 aliphatic heterocycles. The van der Waals surface area contributed by atoms with Crippen molar-refractivity contribution in [3.8, 4) is 11.1 Å². The Morgan fingerprint density at radius 1 is 1.27 bits per heavy atom. The fraction of sp³-hybridized carbons (Fsp3) is 0.393. The second kappa shape index (κ2) is 10.2. The maximum Gasteiger partial charge on any atom is 0.350 e. The Bertz CT molecular complexity index is 1440. The minimum atomic E-state index is -0.281. The van der Waals surface area contributed by atoms with Crippen molar-refractivity contribution in [2.24, 2.45) is 0 Å². The number of thioether (sulfide) groups is 1. The van der Waals surface area contributed by atoms with Crippen LogP contribution in [0.15, 0.2) is 52.7 Å². The number of amides is 1. The molecule has 2 aromatic carbocycles. The summed E-state index contributed by atoms with van der Waals surface area (Å²) in [6.45, 7) is 11.4. The van der Waals surface area contributed by atoms with Crippen LogP contribution in [0.1, 0.15) is 25.5 Å². The Labute approximate surface area is 226 Å². The predicted molar refractivity (Wildman–Crippen MR) is 151 cm³/mol. The molecular weight excluding hydrogens is 508 g/mol. The number of ether oxygens (including phenoxy) is 1. The number of hydrogen-bond acceptors (Lipinski definition) is 6. The predicted octanol–water partition coefficient (Wildman–Crippen LogP) is 4.93. The van der Waals surface area contributed by atoms with E-state index in [1.54, 1.807) is 18.9 Å². The fourth-order valence-electron chi connectivity index (χ4n) is 5.81. The molecule has 0 saturated carbocycles. The number of hydrogen-bond donors (Lipinski definition) is 0. The number of anilines is 1. The molecule has 0 bridgehead atoms. The van der Waals surface area contributed by atoms with E-state index in [1.807, 2.05) is 41.5 Å². The number of piperazine rings is 1. The highest BCUT2D eigenvalue weighted by molar-refractivity contribution is 7.99. The summed E-state index contributed by atoms with van der Waals surface area (Å²) in [5.74, 6) is 1.30. The third-order valence-corrected chi connectivity index (χ3v) is 8.72. The first-order chi connectivity index (χ1) is 17.7. The Balaban J connectivity index is 1.74. The van der Waals surface area contributed by atoms with Crippen LogP contribution in [0.2, 0.25) is 5.02 Å². The highest BCUT2D eigenvalue weighted by Crippen LogP contribution is 2.46. The van der Waals surface area contributed by atoms with Crippen molar-refractivity contribution in [3.63, 3.8) is 0 Å². The number of nitrogens with zero attached hydrogens (tertiary/aromatic N) is 4. The van der Waals surface area contributed by atoms with Gasteiger partial charge in [0.1, 0.15) is 5.82 Å². The summed E-state index contributed by atoms with van der Waals surface area (Å²) < 4.78 is 7.29. The standard InChI is InChI=1S/C28H31ClN4O3S/c1-6-23(34)32-17(3)12-31(13-18(32)4)27-22-10-16(2)24(19-8-7-9-20(29)11-19)26-25(22)33(28(35)30-27)21(14-36-5)15-37-26/h6-11,17-18,21H,1,12-15H2,2-5H3/t17-,18+,21-/m0/s1. The number of methoxy groups -OCH3 is 1. The molecule has 0 aliphatic carbocycles. The zero-order valence-corrected chi connectivity index (χ0v) is 23.1. The van der Waals surface area contributed by atoms with E-state index >= 15 is 0 Å². The molecule has 194 valence electrons. The molecule has 1 aromatic heterocycles. The number of carbonyl (C=O) groups is 1. The molecule has 2 aliphatic rings. The van der Waals surface area contributed by atoms with Crippen LogP contribution in [0, 0.1) is 6.92 Å². The molecule has 1 saturated heterocycles. The first-order valence-corrected chi connectivity index (χ1v) is 13.8. The third-order valence-electron chi connectivity index (χ3n) is 7.25. The van der Waals surface area contributed by atoms with Gasteiger partial charge in [0.15, 0.2) is 0 Å². The van der Waals surface area contributed by atoms with E-state index in [9.17, 15) is 9.59 Å². The molecule has 9 heteroatoms. The molecule has 0 unspecified atom stereocenters. The molecule has 0 radical (unpaired) electrons. The van der Waals surface area contributed by atoms with Crippen molar-refractivity contribution < 1.29 is 9.53 Å². The van der Waals surface area contributed by atoms with Crippen LogP contribution >= 0.6 is 23.4 Å². The summed E-state index contributed by atoms with van der Waals surface area (Å²) in [6.07, 6.45) is 1.36. The normalized spacial score (nSPS) is 21.4. The molecule has 3 atom stereocenters. The van der Waals surface area contributed by atoms with E-state index in [0.717, 1.165) is 32.5 Å². The highest BCUT2D eigenvalue weighted by Gasteiger charge is 2.35. The maximum absolute atomic E-state index is 13.6. The Kier molecular flexibility index (Phi) is 7.09. The van der Waals surface area contributed by atoms with Crippen LogP contribution in [0.3, 0.4) is 0 Å². The zero-order chi connectivity index (χ0) is 26.4. The number of halogens is 1. The molecule has 37 heavy (non-hydrogen) atoms. The van der Waals surface area contributed by atoms with Crippen LogP contribution in [-0.2, 0) is 9.53 Å². The molecule has 0 N–H and O–H groups in total. The van der Waals surface area contributed by atoms with Crippen LogP contribution in [-0.4, -0.2) is 65.0 Å². The molecule has 3 aromatic rings. The van der Waals surface area contributed by atoms with Gasteiger partial charge < -0.3 is 14.5 Å². The summed E-state index contributed by atoms with van der Waals surface area (Å²) in [6, 6.07) is 9.76. The molecule has 1 fully saturated rings. The molecule has 7 nitrogen and oxygen atoms in total. The summed E-state index contributed by atoms with van der Waals surface area (Å²) in [4.78, 5) is 35.8. The second-order valence-electron chi connectivity index (χ2n) is 9.86. The van der Waals surface area contributed by atoms with E-state index in [0.29, 0.717) is 36.3 Å². The van der Waals surface area contributed by atoms with E-state index < -0.39 is 0 Å². The summed E-state index contributed by atoms with van der Waals surface area (Å²) >= 11 is 8.12. The van der Waals surface area contributed by atoms with Gasteiger partial charge in [0, 0.05) is 58.9 Å². The number of rotatable bonds is 5. The van der Waals surface area contributed by atoms with Crippen LogP contribution < -0.4 is 10.6 Å². The molecule has 5 rings (SSSR count). The average molecular weight is 539 g/mol. The topological polar surface area (TPSA) is 67.7 Å². The van der Waals surface area contributed by atoms with Crippen molar-refractivity contribution in [1.82, 2.24) is 14.5 Å². The summed E-state index contributed by atoms with van der Waals surface area (Å²) in [5, 5.41) is 1.61.